The van der Waals surface area contributed by atoms with Gasteiger partial charge < -0.3 is 54.3 Å². The number of phenolic OH excluding ortho intramolecular Hbond substituents is 2. The first-order chi connectivity index (χ1) is 33.6. The van der Waals surface area contributed by atoms with Crippen LogP contribution in [0.3, 0.4) is 0 Å². The lowest BCUT2D eigenvalue weighted by molar-refractivity contribution is -0.188. The van der Waals surface area contributed by atoms with Gasteiger partial charge in [-0.05, 0) is 145 Å². The number of rotatable bonds is 3. The Morgan fingerprint density at radius 3 is 1.41 bits per heavy atom. The topological polar surface area (TPSA) is 199 Å². The molecule has 16 rings (SSSR count). The van der Waals surface area contributed by atoms with Gasteiger partial charge in [0.15, 0.2) is 70.2 Å². The number of ether oxygens (including phenoxy) is 4. The van der Waals surface area contributed by atoms with E-state index in [-0.39, 0.29) is 47.0 Å². The molecule has 3 aromatic rings. The highest BCUT2D eigenvalue weighted by atomic mass is 16.5. The van der Waals surface area contributed by atoms with Crippen LogP contribution >= 0.6 is 0 Å². The van der Waals surface area contributed by atoms with E-state index in [1.54, 1.807) is 19.2 Å². The number of hydrogen-bond acceptors (Lipinski definition) is 15. The summed E-state index contributed by atoms with van der Waals surface area (Å²) in [6.45, 7) is 3.65. The molecular weight excluding hydrogens is 895 g/mol. The van der Waals surface area contributed by atoms with E-state index in [4.69, 9.17) is 18.9 Å². The number of nitrogens with zero attached hydrogens (tertiary/aromatic N) is 3. The van der Waals surface area contributed by atoms with Crippen LogP contribution in [-0.4, -0.2) is 158 Å². The van der Waals surface area contributed by atoms with E-state index in [1.807, 2.05) is 25.2 Å². The highest BCUT2D eigenvalue weighted by Crippen LogP contribution is 2.68. The minimum atomic E-state index is -0.954. The number of carbonyl (C=O) groups is 3. The number of methoxy groups -OCH3 is 1. The van der Waals surface area contributed by atoms with Gasteiger partial charge in [0.05, 0.1) is 40.2 Å². The smallest absolute Gasteiger partial charge is 0.174 e. The van der Waals surface area contributed by atoms with E-state index in [2.05, 4.69) is 27.8 Å². The number of carbonyl (C=O) groups excluding carboxylic acids is 3. The molecule has 0 radical (unpaired) electrons. The van der Waals surface area contributed by atoms with E-state index in [0.29, 0.717) is 67.9 Å². The SMILES string of the molecule is CN1CC[C@]23c4c5ccc(O)c4O[C@H]2C(=O)CC[C@@]3(O)[C@H]1C5.COc1ccc2c3c1O[C@H]1C(=O)CC[C@@]4(O)[C@@H](C2)N(C)CC[C@]314.O=C1CC[C@@]2(O)[C@H]3Cc4ccc(O)c5c4[C@@]2(CCN3CC2CC2)[C@H]1O5. The van der Waals surface area contributed by atoms with Crippen molar-refractivity contribution in [1.82, 2.24) is 14.7 Å². The van der Waals surface area contributed by atoms with Gasteiger partial charge in [-0.2, -0.15) is 0 Å². The largest absolute Gasteiger partial charge is 0.504 e. The Labute approximate surface area is 406 Å². The molecule has 6 heterocycles. The van der Waals surface area contributed by atoms with Crippen LogP contribution in [0, 0.1) is 5.92 Å². The molecule has 3 spiro atoms. The fraction of sp³-hybridized carbons (Fsp3) is 0.618. The summed E-state index contributed by atoms with van der Waals surface area (Å²) in [5.41, 5.74) is 1.56. The Hall–Kier alpha value is -4.77. The molecule has 5 N–H and O–H groups in total. The zero-order chi connectivity index (χ0) is 48.2. The van der Waals surface area contributed by atoms with Gasteiger partial charge in [-0.1, -0.05) is 18.2 Å². The van der Waals surface area contributed by atoms with Crippen molar-refractivity contribution in [2.75, 3.05) is 47.4 Å². The molecular formula is C55H63N3O12. The van der Waals surface area contributed by atoms with Crippen LogP contribution in [0.1, 0.15) is 104 Å². The van der Waals surface area contributed by atoms with Gasteiger partial charge >= 0.3 is 0 Å². The lowest BCUT2D eigenvalue weighted by Crippen LogP contribution is -2.76. The monoisotopic (exact) mass is 957 g/mol. The van der Waals surface area contributed by atoms with Crippen LogP contribution < -0.4 is 18.9 Å². The van der Waals surface area contributed by atoms with E-state index >= 15 is 0 Å². The van der Waals surface area contributed by atoms with Crippen molar-refractivity contribution >= 4 is 17.3 Å². The lowest BCUT2D eigenvalue weighted by atomic mass is 9.49. The Morgan fingerprint density at radius 1 is 0.557 bits per heavy atom. The Bertz CT molecular complexity index is 2850. The number of aromatic hydroxyl groups is 2. The van der Waals surface area contributed by atoms with Crippen LogP contribution in [0.15, 0.2) is 36.4 Å². The van der Waals surface area contributed by atoms with E-state index in [0.717, 1.165) is 92.0 Å². The molecule has 0 unspecified atom stereocenters. The molecule has 0 amide bonds. The van der Waals surface area contributed by atoms with Crippen molar-refractivity contribution in [3.05, 3.63) is 69.8 Å². The molecule has 0 aromatic heterocycles. The molecule has 70 heavy (non-hydrogen) atoms. The van der Waals surface area contributed by atoms with Crippen LogP contribution in [0.2, 0.25) is 0 Å². The zero-order valence-electron chi connectivity index (χ0n) is 40.2. The summed E-state index contributed by atoms with van der Waals surface area (Å²) in [6.07, 6.45) is 7.83. The summed E-state index contributed by atoms with van der Waals surface area (Å²) in [4.78, 5) is 44.8. The summed E-state index contributed by atoms with van der Waals surface area (Å²) in [5.74, 6) is 3.42. The minimum absolute atomic E-state index is 0.00319. The molecule has 7 aliphatic carbocycles. The third-order valence-electron chi connectivity index (χ3n) is 20.8. The summed E-state index contributed by atoms with van der Waals surface area (Å²) >= 11 is 0. The molecule has 3 saturated heterocycles. The summed E-state index contributed by atoms with van der Waals surface area (Å²) in [5, 5.41) is 55.9. The first-order valence-electron chi connectivity index (χ1n) is 25.9. The maximum absolute atomic E-state index is 12.7. The van der Waals surface area contributed by atoms with Crippen LogP contribution in [0.25, 0.3) is 0 Å². The first-order valence-corrected chi connectivity index (χ1v) is 25.9. The van der Waals surface area contributed by atoms with Crippen LogP contribution in [0.4, 0.5) is 0 Å². The second kappa shape index (κ2) is 14.3. The van der Waals surface area contributed by atoms with E-state index in [1.165, 1.54) is 18.4 Å². The second-order valence-electron chi connectivity index (χ2n) is 23.4. The maximum Gasteiger partial charge on any atom is 0.174 e. The fourth-order valence-electron chi connectivity index (χ4n) is 17.5. The highest BCUT2D eigenvalue weighted by Gasteiger charge is 2.76. The number of Topliss-reactive ketones (excluding diaryl/α,β-unsaturated/α-hetero) is 3. The predicted octanol–water partition coefficient (Wildman–Crippen LogP) is 3.32. The zero-order valence-corrected chi connectivity index (χ0v) is 40.2. The normalized spacial score (nSPS) is 41.3. The van der Waals surface area contributed by atoms with E-state index in [9.17, 15) is 39.9 Å². The third-order valence-corrected chi connectivity index (χ3v) is 20.8. The van der Waals surface area contributed by atoms with Crippen molar-refractivity contribution in [3.63, 3.8) is 0 Å². The number of ketones is 3. The Morgan fingerprint density at radius 2 is 0.957 bits per heavy atom. The van der Waals surface area contributed by atoms with Gasteiger partial charge in [0.25, 0.3) is 0 Å². The molecule has 12 atom stereocenters. The van der Waals surface area contributed by atoms with Gasteiger partial charge in [0.2, 0.25) is 0 Å². The molecule has 6 bridgehead atoms. The first kappa shape index (κ1) is 44.0. The molecule has 15 nitrogen and oxygen atoms in total. The number of likely N-dealkylation sites (tertiary alicyclic amines) is 3. The average Bonchev–Trinajstić information content (AvgIpc) is 3.81. The van der Waals surface area contributed by atoms with Gasteiger partial charge in [-0.25, -0.2) is 0 Å². The van der Waals surface area contributed by atoms with Gasteiger partial charge in [-0.15, -0.1) is 0 Å². The number of likely N-dealkylation sites (N-methyl/N-ethyl adjacent to an activating group) is 2. The quantitative estimate of drug-likeness (QED) is 0.256. The Kier molecular flexibility index (Phi) is 8.95. The molecule has 4 saturated carbocycles. The third kappa shape index (κ3) is 5.05. The number of benzene rings is 3. The second-order valence-corrected chi connectivity index (χ2v) is 23.4. The fourth-order valence-corrected chi connectivity index (χ4v) is 17.5. The number of phenols is 2. The highest BCUT2D eigenvalue weighted by molar-refractivity contribution is 5.92. The summed E-state index contributed by atoms with van der Waals surface area (Å²) < 4.78 is 23.6. The molecule has 3 aromatic carbocycles. The maximum atomic E-state index is 12.7. The van der Waals surface area contributed by atoms with Crippen LogP contribution in [0.5, 0.6) is 34.5 Å². The molecule has 370 valence electrons. The van der Waals surface area contributed by atoms with Gasteiger partial charge in [0.1, 0.15) is 0 Å². The number of piperidine rings is 3. The summed E-state index contributed by atoms with van der Waals surface area (Å²) in [6, 6.07) is 11.3. The predicted molar refractivity (Wildman–Crippen MR) is 251 cm³/mol. The summed E-state index contributed by atoms with van der Waals surface area (Å²) in [7, 11) is 5.74. The molecule has 13 aliphatic rings. The van der Waals surface area contributed by atoms with Crippen LogP contribution in [-0.2, 0) is 49.9 Å². The molecule has 15 heteroatoms. The van der Waals surface area contributed by atoms with Crippen molar-refractivity contribution in [2.24, 2.45) is 5.92 Å². The average molecular weight is 958 g/mol. The standard InChI is InChI=1S/C20H23NO4.C18H21NO4.C17H19NO4/c22-13-4-3-12-9-15-20(24)6-5-14(23)18-19(20,16(12)17(13)25-18)7-8-21(15)10-11-1-2-11;1-19-8-7-17-14-10-3-4-12(22-2)15(14)23-16(17)11(20)5-6-18(17,21)13(19)9-10;1-18-7-6-16-13-9-2-3-10(19)14(13)22-15(16)11(20)4-5-17(16,21)12(18)8-9/h3-4,11,15,18,22,24H,1-2,5-10H2;3-4,13,16,21H,5-9H2,1-2H3;2-3,12,15,19,21H,4-8H2,1H3/t15-,18+,19+,20-;13-,16+,17+,18-;12-,15+,16+,17-/m111/s1. The van der Waals surface area contributed by atoms with Crippen molar-refractivity contribution in [1.29, 1.82) is 0 Å². The Balaban J connectivity index is 0.0000000986. The molecule has 6 aliphatic heterocycles. The van der Waals surface area contributed by atoms with E-state index < -0.39 is 51.4 Å². The van der Waals surface area contributed by atoms with Crippen molar-refractivity contribution in [2.45, 2.75) is 159 Å². The lowest BCUT2D eigenvalue weighted by Gasteiger charge is -2.62. The molecule has 7 fully saturated rings. The number of aliphatic hydroxyl groups is 3. The van der Waals surface area contributed by atoms with Gasteiger partial charge in [-0.3, -0.25) is 19.3 Å². The van der Waals surface area contributed by atoms with Gasteiger partial charge in [0, 0.05) is 60.6 Å². The minimum Gasteiger partial charge on any atom is -0.504 e. The number of hydrogen-bond donors (Lipinski definition) is 5. The van der Waals surface area contributed by atoms with Crippen molar-refractivity contribution < 1.29 is 58.9 Å². The van der Waals surface area contributed by atoms with Crippen molar-refractivity contribution in [3.8, 4) is 34.5 Å².